The van der Waals surface area contributed by atoms with Gasteiger partial charge in [0, 0.05) is 19.3 Å². The maximum atomic E-state index is 11.5. The minimum Gasteiger partial charge on any atom is -0.307 e. The number of hydrogen-bond donors (Lipinski definition) is 1. The minimum absolute atomic E-state index is 0.0775. The summed E-state index contributed by atoms with van der Waals surface area (Å²) in [5, 5.41) is 7.00. The molecule has 72 valence electrons. The quantitative estimate of drug-likeness (QED) is 0.692. The van der Waals surface area contributed by atoms with Crippen LogP contribution in [0.5, 0.6) is 0 Å². The van der Waals surface area contributed by atoms with Gasteiger partial charge in [-0.05, 0) is 6.07 Å². The third-order valence-electron chi connectivity index (χ3n) is 1.78. The van der Waals surface area contributed by atoms with Gasteiger partial charge in [-0.25, -0.2) is 0 Å². The first-order valence-corrected chi connectivity index (χ1v) is 4.36. The van der Waals surface area contributed by atoms with Gasteiger partial charge in [-0.15, -0.1) is 0 Å². The Kier molecular flexibility index (Phi) is 3.19. The smallest absolute Gasteiger partial charge is 0.194 e. The fourth-order valence-electron chi connectivity index (χ4n) is 1.03. The maximum Gasteiger partial charge on any atom is 0.194 e. The van der Waals surface area contributed by atoms with E-state index >= 15 is 0 Å². The lowest BCUT2D eigenvalue weighted by Crippen LogP contribution is -2.30. The largest absolute Gasteiger partial charge is 0.307 e. The van der Waals surface area contributed by atoms with Crippen LogP contribution in [0.25, 0.3) is 0 Å². The molecule has 4 heteroatoms. The molecule has 0 fully saturated rings. The van der Waals surface area contributed by atoms with Crippen molar-refractivity contribution >= 4 is 5.78 Å². The minimum atomic E-state index is 0.0775. The molecule has 0 unspecified atom stereocenters. The van der Waals surface area contributed by atoms with Gasteiger partial charge >= 0.3 is 0 Å². The predicted molar refractivity (Wildman–Crippen MR) is 50.7 cm³/mol. The van der Waals surface area contributed by atoms with E-state index in [0.29, 0.717) is 18.3 Å². The molecule has 1 aromatic heterocycles. The van der Waals surface area contributed by atoms with Gasteiger partial charge in [0.05, 0.1) is 6.54 Å². The number of hydrogen-bond acceptors (Lipinski definition) is 3. The molecule has 0 saturated heterocycles. The number of aromatic nitrogens is 2. The third kappa shape index (κ3) is 2.66. The van der Waals surface area contributed by atoms with Crippen LogP contribution in [-0.4, -0.2) is 28.2 Å². The summed E-state index contributed by atoms with van der Waals surface area (Å²) in [4.78, 5) is 11.5. The average Bonchev–Trinajstić information content (AvgIpc) is 2.47. The molecule has 0 saturated carbocycles. The van der Waals surface area contributed by atoms with Gasteiger partial charge in [-0.1, -0.05) is 13.8 Å². The fraction of sp³-hybridized carbons (Fsp3) is 0.556. The van der Waals surface area contributed by atoms with Gasteiger partial charge in [-0.3, -0.25) is 9.48 Å². The molecule has 0 radical (unpaired) electrons. The number of carbonyl (C=O) groups is 1. The van der Waals surface area contributed by atoms with E-state index in [1.165, 1.54) is 0 Å². The Bertz CT molecular complexity index is 291. The zero-order valence-electron chi connectivity index (χ0n) is 8.24. The van der Waals surface area contributed by atoms with Gasteiger partial charge in [0.2, 0.25) is 0 Å². The summed E-state index contributed by atoms with van der Waals surface area (Å²) < 4.78 is 1.59. The zero-order chi connectivity index (χ0) is 9.84. The molecule has 0 aromatic carbocycles. The second-order valence-electron chi connectivity index (χ2n) is 3.30. The summed E-state index contributed by atoms with van der Waals surface area (Å²) in [5.74, 6) is 0.0775. The lowest BCUT2D eigenvalue weighted by atomic mass is 10.2. The van der Waals surface area contributed by atoms with Gasteiger partial charge < -0.3 is 5.32 Å². The van der Waals surface area contributed by atoms with Crippen LogP contribution < -0.4 is 5.32 Å². The van der Waals surface area contributed by atoms with Crippen LogP contribution in [0.1, 0.15) is 24.3 Å². The first-order valence-electron chi connectivity index (χ1n) is 4.36. The van der Waals surface area contributed by atoms with Crippen LogP contribution in [0.4, 0.5) is 0 Å². The summed E-state index contributed by atoms with van der Waals surface area (Å²) in [7, 11) is 1.77. The fourth-order valence-corrected chi connectivity index (χ4v) is 1.03. The molecule has 0 amide bonds. The summed E-state index contributed by atoms with van der Waals surface area (Å²) >= 11 is 0. The van der Waals surface area contributed by atoms with Gasteiger partial charge in [0.15, 0.2) is 5.78 Å². The molecule has 13 heavy (non-hydrogen) atoms. The molecule has 1 aromatic rings. The van der Waals surface area contributed by atoms with Crippen LogP contribution in [-0.2, 0) is 7.05 Å². The first-order chi connectivity index (χ1) is 6.11. The molecule has 1 N–H and O–H groups in total. The zero-order valence-corrected chi connectivity index (χ0v) is 8.24. The molecular weight excluding hydrogens is 166 g/mol. The van der Waals surface area contributed by atoms with E-state index in [0.717, 1.165) is 0 Å². The van der Waals surface area contributed by atoms with E-state index in [2.05, 4.69) is 10.4 Å². The molecule has 1 heterocycles. The predicted octanol–water partition coefficient (Wildman–Crippen LogP) is 0.601. The topological polar surface area (TPSA) is 46.9 Å². The van der Waals surface area contributed by atoms with Crippen molar-refractivity contribution in [2.24, 2.45) is 7.05 Å². The molecule has 0 aliphatic carbocycles. The molecule has 0 aliphatic rings. The summed E-state index contributed by atoms with van der Waals surface area (Å²) in [6.07, 6.45) is 1.63. The lowest BCUT2D eigenvalue weighted by molar-refractivity contribution is 0.0979. The molecule has 0 spiro atoms. The lowest BCUT2D eigenvalue weighted by Gasteiger charge is -2.06. The van der Waals surface area contributed by atoms with Gasteiger partial charge in [-0.2, -0.15) is 5.10 Å². The SMILES string of the molecule is CC(C)NCC(=O)c1ccnn1C. The maximum absolute atomic E-state index is 11.5. The van der Waals surface area contributed by atoms with E-state index in [1.807, 2.05) is 13.8 Å². The van der Waals surface area contributed by atoms with Crippen molar-refractivity contribution in [3.63, 3.8) is 0 Å². The van der Waals surface area contributed by atoms with Crippen molar-refractivity contribution in [1.29, 1.82) is 0 Å². The van der Waals surface area contributed by atoms with Crippen molar-refractivity contribution in [2.75, 3.05) is 6.54 Å². The van der Waals surface area contributed by atoms with Crippen LogP contribution in [0.3, 0.4) is 0 Å². The normalized spacial score (nSPS) is 10.8. The van der Waals surface area contributed by atoms with Crippen LogP contribution in [0, 0.1) is 0 Å². The number of ketones is 1. The van der Waals surface area contributed by atoms with E-state index in [-0.39, 0.29) is 5.78 Å². The molecule has 4 nitrogen and oxygen atoms in total. The standard InChI is InChI=1S/C9H15N3O/c1-7(2)10-6-9(13)8-4-5-11-12(8)3/h4-5,7,10H,6H2,1-3H3. The Morgan fingerprint density at radius 2 is 2.38 bits per heavy atom. The summed E-state index contributed by atoms with van der Waals surface area (Å²) in [6, 6.07) is 2.06. The number of Topliss-reactive ketones (excluding diaryl/α,β-unsaturated/α-hetero) is 1. The second-order valence-corrected chi connectivity index (χ2v) is 3.30. The number of nitrogens with zero attached hydrogens (tertiary/aromatic N) is 2. The van der Waals surface area contributed by atoms with Crippen molar-refractivity contribution in [1.82, 2.24) is 15.1 Å². The molecule has 0 bridgehead atoms. The highest BCUT2D eigenvalue weighted by Crippen LogP contribution is 1.96. The first kappa shape index (κ1) is 9.92. The highest BCUT2D eigenvalue weighted by molar-refractivity contribution is 5.95. The van der Waals surface area contributed by atoms with Crippen molar-refractivity contribution in [3.05, 3.63) is 18.0 Å². The summed E-state index contributed by atoms with van der Waals surface area (Å²) in [5.41, 5.74) is 0.646. The Hall–Kier alpha value is -1.16. The third-order valence-corrected chi connectivity index (χ3v) is 1.78. The molecular formula is C9H15N3O. The van der Waals surface area contributed by atoms with E-state index in [9.17, 15) is 4.79 Å². The van der Waals surface area contributed by atoms with Crippen LogP contribution in [0.2, 0.25) is 0 Å². The van der Waals surface area contributed by atoms with E-state index < -0.39 is 0 Å². The second kappa shape index (κ2) is 4.18. The van der Waals surface area contributed by atoms with E-state index in [1.54, 1.807) is 24.0 Å². The van der Waals surface area contributed by atoms with Crippen molar-refractivity contribution < 1.29 is 4.79 Å². The highest BCUT2D eigenvalue weighted by Gasteiger charge is 2.09. The van der Waals surface area contributed by atoms with Gasteiger partial charge in [0.1, 0.15) is 5.69 Å². The van der Waals surface area contributed by atoms with E-state index in [4.69, 9.17) is 0 Å². The number of carbonyl (C=O) groups excluding carboxylic acids is 1. The van der Waals surface area contributed by atoms with Crippen molar-refractivity contribution in [2.45, 2.75) is 19.9 Å². The highest BCUT2D eigenvalue weighted by atomic mass is 16.1. The number of aryl methyl sites for hydroxylation is 1. The number of nitrogens with one attached hydrogen (secondary N) is 1. The molecule has 0 aliphatic heterocycles. The van der Waals surface area contributed by atoms with Crippen molar-refractivity contribution in [3.8, 4) is 0 Å². The van der Waals surface area contributed by atoms with Crippen LogP contribution >= 0.6 is 0 Å². The Morgan fingerprint density at radius 3 is 2.85 bits per heavy atom. The Balaban J connectivity index is 2.54. The Morgan fingerprint density at radius 1 is 1.69 bits per heavy atom. The monoisotopic (exact) mass is 181 g/mol. The number of rotatable bonds is 4. The molecule has 1 rings (SSSR count). The Labute approximate surface area is 77.9 Å². The summed E-state index contributed by atoms with van der Waals surface area (Å²) in [6.45, 7) is 4.39. The van der Waals surface area contributed by atoms with Gasteiger partial charge in [0.25, 0.3) is 0 Å². The molecule has 0 atom stereocenters. The average molecular weight is 181 g/mol. The van der Waals surface area contributed by atoms with Crippen LogP contribution in [0.15, 0.2) is 12.3 Å².